The van der Waals surface area contributed by atoms with E-state index in [9.17, 15) is 4.79 Å². The van der Waals surface area contributed by atoms with Gasteiger partial charge in [-0.05, 0) is 48.4 Å². The fourth-order valence-electron chi connectivity index (χ4n) is 2.64. The Hall–Kier alpha value is -2.29. The molecule has 0 saturated heterocycles. The number of benzene rings is 2. The van der Waals surface area contributed by atoms with Crippen LogP contribution in [0.4, 0.5) is 0 Å². The molecule has 0 N–H and O–H groups in total. The van der Waals surface area contributed by atoms with Gasteiger partial charge in [0.15, 0.2) is 5.78 Å². The summed E-state index contributed by atoms with van der Waals surface area (Å²) in [5.41, 5.74) is 1.60. The van der Waals surface area contributed by atoms with E-state index in [1.807, 2.05) is 48.5 Å². The van der Waals surface area contributed by atoms with Gasteiger partial charge in [0.25, 0.3) is 0 Å². The number of hydrogen-bond donors (Lipinski definition) is 0. The second-order valence-corrected chi connectivity index (χ2v) is 7.81. The molecule has 3 heteroatoms. The van der Waals surface area contributed by atoms with Gasteiger partial charge in [0.05, 0.1) is 18.8 Å². The van der Waals surface area contributed by atoms with Crippen LogP contribution in [0.3, 0.4) is 0 Å². The summed E-state index contributed by atoms with van der Waals surface area (Å²) in [5.74, 6) is 2.57. The van der Waals surface area contributed by atoms with Gasteiger partial charge in [-0.2, -0.15) is 0 Å². The average molecular weight is 369 g/mol. The Bertz CT molecular complexity index is 705. The van der Waals surface area contributed by atoms with E-state index in [-0.39, 0.29) is 5.78 Å². The average Bonchev–Trinajstić information content (AvgIpc) is 2.63. The lowest BCUT2D eigenvalue weighted by molar-refractivity contribution is 0.0988. The van der Waals surface area contributed by atoms with E-state index < -0.39 is 0 Å². The van der Waals surface area contributed by atoms with Gasteiger partial charge in [-0.15, -0.1) is 0 Å². The number of rotatable bonds is 11. The zero-order valence-corrected chi connectivity index (χ0v) is 17.0. The van der Waals surface area contributed by atoms with Crippen molar-refractivity contribution in [2.45, 2.75) is 47.0 Å². The monoisotopic (exact) mass is 368 g/mol. The lowest BCUT2D eigenvalue weighted by Crippen LogP contribution is -2.10. The first-order valence-electron chi connectivity index (χ1n) is 9.92. The zero-order valence-electron chi connectivity index (χ0n) is 17.0. The van der Waals surface area contributed by atoms with Gasteiger partial charge in [0, 0.05) is 6.42 Å². The number of carbonyl (C=O) groups is 1. The van der Waals surface area contributed by atoms with Crippen molar-refractivity contribution >= 4 is 5.78 Å². The van der Waals surface area contributed by atoms with Crippen LogP contribution in [0.15, 0.2) is 48.5 Å². The summed E-state index contributed by atoms with van der Waals surface area (Å²) < 4.78 is 11.8. The highest BCUT2D eigenvalue weighted by Gasteiger charge is 2.15. The van der Waals surface area contributed by atoms with Crippen LogP contribution in [-0.4, -0.2) is 19.0 Å². The normalized spacial score (nSPS) is 11.0. The van der Waals surface area contributed by atoms with Crippen LogP contribution in [0, 0.1) is 11.8 Å². The minimum atomic E-state index is 0.0510. The van der Waals surface area contributed by atoms with Crippen LogP contribution >= 0.6 is 0 Å². The Morgan fingerprint density at radius 3 is 2.11 bits per heavy atom. The standard InChI is InChI=1S/C24H32O3/c1-18(2)12-14-26-21-10-11-24(27-15-13-19(3)4)22(17-21)23(25)16-20-8-6-5-7-9-20/h5-11,17-19H,12-16H2,1-4H3. The lowest BCUT2D eigenvalue weighted by Gasteiger charge is -2.15. The first kappa shape index (κ1) is 21.0. The molecule has 146 valence electrons. The molecule has 0 radical (unpaired) electrons. The van der Waals surface area contributed by atoms with Gasteiger partial charge in [-0.1, -0.05) is 58.0 Å². The maximum Gasteiger partial charge on any atom is 0.171 e. The third-order valence-corrected chi connectivity index (χ3v) is 4.38. The molecule has 3 nitrogen and oxygen atoms in total. The Labute approximate surface area is 163 Å². The molecular formula is C24H32O3. The molecule has 0 atom stereocenters. The minimum Gasteiger partial charge on any atom is -0.494 e. The molecule has 27 heavy (non-hydrogen) atoms. The third kappa shape index (κ3) is 7.46. The SMILES string of the molecule is CC(C)CCOc1ccc(OCCC(C)C)c(C(=O)Cc2ccccc2)c1. The fraction of sp³-hybridized carbons (Fsp3) is 0.458. The maximum absolute atomic E-state index is 12.9. The molecule has 0 bridgehead atoms. The number of carbonyl (C=O) groups excluding carboxylic acids is 1. The number of ether oxygens (including phenoxy) is 2. The molecule has 0 spiro atoms. The molecular weight excluding hydrogens is 336 g/mol. The Morgan fingerprint density at radius 2 is 1.48 bits per heavy atom. The van der Waals surface area contributed by atoms with Crippen molar-refractivity contribution in [1.82, 2.24) is 0 Å². The van der Waals surface area contributed by atoms with E-state index in [4.69, 9.17) is 9.47 Å². The first-order valence-corrected chi connectivity index (χ1v) is 9.92. The molecule has 2 rings (SSSR count). The van der Waals surface area contributed by atoms with Crippen molar-refractivity contribution in [1.29, 1.82) is 0 Å². The second kappa shape index (κ2) is 10.8. The summed E-state index contributed by atoms with van der Waals surface area (Å²) in [6.07, 6.45) is 2.30. The Balaban J connectivity index is 2.15. The predicted octanol–water partition coefficient (Wildman–Crippen LogP) is 5.96. The van der Waals surface area contributed by atoms with Gasteiger partial charge in [-0.3, -0.25) is 4.79 Å². The van der Waals surface area contributed by atoms with Crippen LogP contribution < -0.4 is 9.47 Å². The van der Waals surface area contributed by atoms with Gasteiger partial charge in [0.1, 0.15) is 11.5 Å². The van der Waals surface area contributed by atoms with E-state index >= 15 is 0 Å². The summed E-state index contributed by atoms with van der Waals surface area (Å²) in [6, 6.07) is 15.4. The van der Waals surface area contributed by atoms with E-state index in [1.165, 1.54) is 0 Å². The molecule has 0 heterocycles. The second-order valence-electron chi connectivity index (χ2n) is 7.81. The van der Waals surface area contributed by atoms with Crippen LogP contribution in [0.25, 0.3) is 0 Å². The van der Waals surface area contributed by atoms with Crippen molar-refractivity contribution in [3.63, 3.8) is 0 Å². The Kier molecular flexibility index (Phi) is 8.38. The highest BCUT2D eigenvalue weighted by atomic mass is 16.5. The predicted molar refractivity (Wildman–Crippen MR) is 111 cm³/mol. The van der Waals surface area contributed by atoms with Crippen LogP contribution in [-0.2, 0) is 6.42 Å². The topological polar surface area (TPSA) is 35.5 Å². The quantitative estimate of drug-likeness (QED) is 0.459. The molecule has 0 saturated carbocycles. The molecule has 0 amide bonds. The van der Waals surface area contributed by atoms with Crippen molar-refractivity contribution in [2.24, 2.45) is 11.8 Å². The van der Waals surface area contributed by atoms with E-state index in [2.05, 4.69) is 27.7 Å². The Morgan fingerprint density at radius 1 is 0.852 bits per heavy atom. The molecule has 0 unspecified atom stereocenters. The summed E-state index contributed by atoms with van der Waals surface area (Å²) in [6.45, 7) is 9.93. The summed E-state index contributed by atoms with van der Waals surface area (Å²) in [7, 11) is 0. The zero-order chi connectivity index (χ0) is 19.6. The summed E-state index contributed by atoms with van der Waals surface area (Å²) in [4.78, 5) is 12.9. The minimum absolute atomic E-state index is 0.0510. The van der Waals surface area contributed by atoms with E-state index in [1.54, 1.807) is 0 Å². The smallest absolute Gasteiger partial charge is 0.171 e. The van der Waals surface area contributed by atoms with Crippen molar-refractivity contribution in [3.8, 4) is 11.5 Å². The van der Waals surface area contributed by atoms with E-state index in [0.29, 0.717) is 42.8 Å². The highest BCUT2D eigenvalue weighted by molar-refractivity contribution is 6.00. The van der Waals surface area contributed by atoms with Crippen LogP contribution in [0.2, 0.25) is 0 Å². The molecule has 0 fully saturated rings. The molecule has 2 aromatic carbocycles. The molecule has 0 aliphatic rings. The van der Waals surface area contributed by atoms with Gasteiger partial charge < -0.3 is 9.47 Å². The maximum atomic E-state index is 12.9. The number of hydrogen-bond acceptors (Lipinski definition) is 3. The number of ketones is 1. The van der Waals surface area contributed by atoms with Gasteiger partial charge >= 0.3 is 0 Å². The number of Topliss-reactive ketones (excluding diaryl/α,β-unsaturated/α-hetero) is 1. The van der Waals surface area contributed by atoms with Crippen LogP contribution in [0.1, 0.15) is 56.5 Å². The summed E-state index contributed by atoms with van der Waals surface area (Å²) >= 11 is 0. The van der Waals surface area contributed by atoms with Crippen LogP contribution in [0.5, 0.6) is 11.5 Å². The molecule has 2 aromatic rings. The van der Waals surface area contributed by atoms with Crippen molar-refractivity contribution in [3.05, 3.63) is 59.7 Å². The van der Waals surface area contributed by atoms with E-state index in [0.717, 1.165) is 24.2 Å². The fourth-order valence-corrected chi connectivity index (χ4v) is 2.64. The summed E-state index contributed by atoms with van der Waals surface area (Å²) in [5, 5.41) is 0. The van der Waals surface area contributed by atoms with Crippen molar-refractivity contribution in [2.75, 3.05) is 13.2 Å². The highest BCUT2D eigenvalue weighted by Crippen LogP contribution is 2.27. The lowest BCUT2D eigenvalue weighted by atomic mass is 10.0. The molecule has 0 aliphatic heterocycles. The largest absolute Gasteiger partial charge is 0.494 e. The first-order chi connectivity index (χ1) is 13.0. The molecule has 0 aromatic heterocycles. The van der Waals surface area contributed by atoms with Crippen molar-refractivity contribution < 1.29 is 14.3 Å². The van der Waals surface area contributed by atoms with Gasteiger partial charge in [0.2, 0.25) is 0 Å². The molecule has 0 aliphatic carbocycles. The third-order valence-electron chi connectivity index (χ3n) is 4.38. The van der Waals surface area contributed by atoms with Gasteiger partial charge in [-0.25, -0.2) is 0 Å².